The smallest absolute Gasteiger partial charge is 0.327 e. The van der Waals surface area contributed by atoms with Gasteiger partial charge in [-0.15, -0.1) is 0 Å². The maximum absolute atomic E-state index is 11.4. The number of para-hydroxylation sites is 1. The van der Waals surface area contributed by atoms with Crippen LogP contribution in [0.4, 0.5) is 5.69 Å². The van der Waals surface area contributed by atoms with Crippen LogP contribution in [0.2, 0.25) is 0 Å². The molecule has 1 atom stereocenters. The molecule has 0 aliphatic carbocycles. The fourth-order valence-corrected chi connectivity index (χ4v) is 1.91. The first-order valence-electron chi connectivity index (χ1n) is 4.74. The highest BCUT2D eigenvalue weighted by Crippen LogP contribution is 2.31. The second-order valence-electron chi connectivity index (χ2n) is 3.51. The van der Waals surface area contributed by atoms with Gasteiger partial charge in [-0.3, -0.25) is 14.5 Å². The number of rotatable bonds is 2. The molecule has 1 N–H and O–H groups in total. The van der Waals surface area contributed by atoms with Crippen molar-refractivity contribution in [2.75, 3.05) is 4.90 Å². The number of hydrogen-bond acceptors (Lipinski definition) is 3. The molecule has 1 aliphatic rings. The van der Waals surface area contributed by atoms with Crippen molar-refractivity contribution in [2.24, 2.45) is 0 Å². The topological polar surface area (TPSA) is 74.7 Å². The Balaban J connectivity index is 2.47. The largest absolute Gasteiger partial charge is 0.480 e. The quantitative estimate of drug-likeness (QED) is 0.570. The van der Waals surface area contributed by atoms with Crippen LogP contribution in [0.15, 0.2) is 24.3 Å². The van der Waals surface area contributed by atoms with E-state index in [4.69, 9.17) is 5.11 Å². The molecule has 82 valence electrons. The molecule has 5 nitrogen and oxygen atoms in total. The number of amides is 1. The standard InChI is InChI=1S/C11H9NO4/c13-6-10(14)12-8-4-2-1-3-7(8)5-9(12)11(15)16/h1-4,6,9H,5H2,(H,15,16). The molecule has 0 bridgehead atoms. The number of nitrogens with zero attached hydrogens (tertiary/aromatic N) is 1. The number of carbonyl (C=O) groups excluding carboxylic acids is 2. The molecule has 0 fully saturated rings. The number of anilines is 1. The third-order valence-corrected chi connectivity index (χ3v) is 2.60. The van der Waals surface area contributed by atoms with E-state index in [9.17, 15) is 14.4 Å². The Hall–Kier alpha value is -2.17. The highest BCUT2D eigenvalue weighted by atomic mass is 16.4. The Morgan fingerprint density at radius 2 is 2.06 bits per heavy atom. The van der Waals surface area contributed by atoms with E-state index in [2.05, 4.69) is 0 Å². The fourth-order valence-electron chi connectivity index (χ4n) is 1.91. The van der Waals surface area contributed by atoms with Crippen LogP contribution in [-0.4, -0.2) is 29.3 Å². The lowest BCUT2D eigenvalue weighted by Gasteiger charge is -2.19. The summed E-state index contributed by atoms with van der Waals surface area (Å²) >= 11 is 0. The van der Waals surface area contributed by atoms with Crippen molar-refractivity contribution in [3.8, 4) is 0 Å². The van der Waals surface area contributed by atoms with Gasteiger partial charge in [-0.25, -0.2) is 4.79 Å². The molecular weight excluding hydrogens is 210 g/mol. The summed E-state index contributed by atoms with van der Waals surface area (Å²) in [7, 11) is 0. The Morgan fingerprint density at radius 3 is 2.69 bits per heavy atom. The lowest BCUT2D eigenvalue weighted by molar-refractivity contribution is -0.140. The number of hydrogen-bond donors (Lipinski definition) is 1. The lowest BCUT2D eigenvalue weighted by Crippen LogP contribution is -2.43. The SMILES string of the molecule is O=CC(=O)N1c2ccccc2CC1C(=O)O. The Bertz CT molecular complexity index is 469. The Kier molecular flexibility index (Phi) is 2.44. The minimum atomic E-state index is -1.11. The fraction of sp³-hybridized carbons (Fsp3) is 0.182. The van der Waals surface area contributed by atoms with Crippen LogP contribution in [0.3, 0.4) is 0 Å². The number of fused-ring (bicyclic) bond motifs is 1. The molecule has 1 aromatic carbocycles. The maximum atomic E-state index is 11.4. The molecule has 0 spiro atoms. The molecule has 0 saturated carbocycles. The normalized spacial score (nSPS) is 18.0. The summed E-state index contributed by atoms with van der Waals surface area (Å²) < 4.78 is 0. The van der Waals surface area contributed by atoms with E-state index in [0.717, 1.165) is 10.5 Å². The third-order valence-electron chi connectivity index (χ3n) is 2.60. The molecular formula is C11H9NO4. The zero-order valence-corrected chi connectivity index (χ0v) is 8.29. The van der Waals surface area contributed by atoms with Crippen LogP contribution in [-0.2, 0) is 20.8 Å². The molecule has 0 aromatic heterocycles. The predicted molar refractivity (Wildman–Crippen MR) is 55.1 cm³/mol. The Labute approximate surface area is 91.3 Å². The minimum absolute atomic E-state index is 0.137. The van der Waals surface area contributed by atoms with Crippen molar-refractivity contribution in [1.29, 1.82) is 0 Å². The number of carboxylic acids is 1. The van der Waals surface area contributed by atoms with Crippen LogP contribution >= 0.6 is 0 Å². The monoisotopic (exact) mass is 219 g/mol. The zero-order valence-electron chi connectivity index (χ0n) is 8.29. The van der Waals surface area contributed by atoms with E-state index in [0.29, 0.717) is 5.69 Å². The molecule has 1 unspecified atom stereocenters. The lowest BCUT2D eigenvalue weighted by atomic mass is 10.1. The summed E-state index contributed by atoms with van der Waals surface area (Å²) in [5, 5.41) is 8.99. The molecule has 0 radical (unpaired) electrons. The van der Waals surface area contributed by atoms with Gasteiger partial charge in [0, 0.05) is 12.1 Å². The molecule has 0 saturated heterocycles. The van der Waals surface area contributed by atoms with Crippen LogP contribution in [0.25, 0.3) is 0 Å². The summed E-state index contributed by atoms with van der Waals surface area (Å²) in [6.45, 7) is 0. The predicted octanol–water partition coefficient (Wildman–Crippen LogP) is 0.228. The van der Waals surface area contributed by atoms with Gasteiger partial charge in [-0.05, 0) is 11.6 Å². The van der Waals surface area contributed by atoms with Gasteiger partial charge in [0.2, 0.25) is 6.29 Å². The molecule has 5 heteroatoms. The summed E-state index contributed by atoms with van der Waals surface area (Å²) in [4.78, 5) is 33.9. The molecule has 1 aliphatic heterocycles. The number of aldehydes is 1. The van der Waals surface area contributed by atoms with E-state index in [-0.39, 0.29) is 12.7 Å². The van der Waals surface area contributed by atoms with Gasteiger partial charge in [0.05, 0.1) is 0 Å². The van der Waals surface area contributed by atoms with Gasteiger partial charge < -0.3 is 5.11 Å². The van der Waals surface area contributed by atoms with E-state index >= 15 is 0 Å². The van der Waals surface area contributed by atoms with Gasteiger partial charge in [0.25, 0.3) is 5.91 Å². The van der Waals surface area contributed by atoms with Crippen LogP contribution in [0.1, 0.15) is 5.56 Å². The second kappa shape index (κ2) is 3.77. The van der Waals surface area contributed by atoms with Gasteiger partial charge >= 0.3 is 5.97 Å². The molecule has 1 heterocycles. The molecule has 2 rings (SSSR count). The van der Waals surface area contributed by atoms with Crippen molar-refractivity contribution < 1.29 is 19.5 Å². The van der Waals surface area contributed by atoms with E-state index in [1.165, 1.54) is 0 Å². The van der Waals surface area contributed by atoms with Crippen molar-refractivity contribution in [1.82, 2.24) is 0 Å². The first-order chi connectivity index (χ1) is 7.65. The summed E-state index contributed by atoms with van der Waals surface area (Å²) in [5.74, 6) is -1.93. The highest BCUT2D eigenvalue weighted by Gasteiger charge is 2.37. The van der Waals surface area contributed by atoms with E-state index < -0.39 is 17.9 Å². The second-order valence-corrected chi connectivity index (χ2v) is 3.51. The summed E-state index contributed by atoms with van der Waals surface area (Å²) in [5.41, 5.74) is 1.28. The van der Waals surface area contributed by atoms with Gasteiger partial charge in [-0.1, -0.05) is 18.2 Å². The minimum Gasteiger partial charge on any atom is -0.480 e. The average Bonchev–Trinajstić information content (AvgIpc) is 2.67. The highest BCUT2D eigenvalue weighted by molar-refractivity contribution is 6.32. The van der Waals surface area contributed by atoms with Crippen LogP contribution in [0.5, 0.6) is 0 Å². The third kappa shape index (κ3) is 1.46. The number of aliphatic carboxylic acids is 1. The Morgan fingerprint density at radius 1 is 1.38 bits per heavy atom. The summed E-state index contributed by atoms with van der Waals surface area (Å²) in [6.07, 6.45) is 0.378. The molecule has 1 aromatic rings. The molecule has 16 heavy (non-hydrogen) atoms. The van der Waals surface area contributed by atoms with E-state index in [1.807, 2.05) is 0 Å². The van der Waals surface area contributed by atoms with Crippen molar-refractivity contribution in [2.45, 2.75) is 12.5 Å². The van der Waals surface area contributed by atoms with Gasteiger partial charge in [-0.2, -0.15) is 0 Å². The average molecular weight is 219 g/mol. The zero-order chi connectivity index (χ0) is 11.7. The van der Waals surface area contributed by atoms with Crippen molar-refractivity contribution in [3.05, 3.63) is 29.8 Å². The summed E-state index contributed by atoms with van der Waals surface area (Å²) in [6, 6.07) is 5.89. The number of benzene rings is 1. The van der Waals surface area contributed by atoms with E-state index in [1.54, 1.807) is 24.3 Å². The number of carbonyl (C=O) groups is 3. The van der Waals surface area contributed by atoms with Crippen molar-refractivity contribution in [3.63, 3.8) is 0 Å². The number of carboxylic acid groups (broad SMARTS) is 1. The maximum Gasteiger partial charge on any atom is 0.327 e. The van der Waals surface area contributed by atoms with Crippen molar-refractivity contribution >= 4 is 23.9 Å². The molecule has 1 amide bonds. The van der Waals surface area contributed by atoms with Gasteiger partial charge in [0.15, 0.2) is 0 Å². The van der Waals surface area contributed by atoms with Gasteiger partial charge in [0.1, 0.15) is 6.04 Å². The van der Waals surface area contributed by atoms with Crippen LogP contribution < -0.4 is 4.90 Å². The van der Waals surface area contributed by atoms with Crippen LogP contribution in [0, 0.1) is 0 Å². The first kappa shape index (κ1) is 10.4. The first-order valence-corrected chi connectivity index (χ1v) is 4.74.